The number of hydrogen-bond acceptors (Lipinski definition) is 6. The van der Waals surface area contributed by atoms with E-state index in [4.69, 9.17) is 9.05 Å². The molecule has 0 saturated carbocycles. The van der Waals surface area contributed by atoms with E-state index < -0.39 is 26.6 Å². The van der Waals surface area contributed by atoms with Crippen molar-refractivity contribution in [2.24, 2.45) is 0 Å². The molecule has 0 spiro atoms. The number of carbonyl (C=O) groups excluding carboxylic acids is 1. The molecular weight excluding hydrogens is 900 g/mol. The summed E-state index contributed by atoms with van der Waals surface area (Å²) in [6.07, 6.45) is 79.5. The van der Waals surface area contributed by atoms with Crippen molar-refractivity contribution in [2.45, 2.75) is 199 Å². The maximum Gasteiger partial charge on any atom is 0.268 e. The van der Waals surface area contributed by atoms with Crippen molar-refractivity contribution in [1.82, 2.24) is 5.32 Å². The van der Waals surface area contributed by atoms with Crippen LogP contribution < -0.4 is 10.2 Å². The number of hydrogen-bond donors (Lipinski definition) is 2. The average molecular weight is 1000 g/mol. The number of nitrogens with zero attached hydrogens (tertiary/aromatic N) is 1. The van der Waals surface area contributed by atoms with Gasteiger partial charge in [0.25, 0.3) is 7.82 Å². The van der Waals surface area contributed by atoms with E-state index in [1.165, 1.54) is 51.4 Å². The van der Waals surface area contributed by atoms with Crippen molar-refractivity contribution in [3.63, 3.8) is 0 Å². The molecule has 2 N–H and O–H groups in total. The minimum atomic E-state index is -4.61. The van der Waals surface area contributed by atoms with Crippen LogP contribution in [0.1, 0.15) is 187 Å². The molecule has 3 atom stereocenters. The Balaban J connectivity index is 4.06. The number of quaternary nitrogens is 1. The molecule has 0 bridgehead atoms. The topological polar surface area (TPSA) is 108 Å². The first kappa shape index (κ1) is 67.4. The Hall–Kier alpha value is -3.62. The Kier molecular flexibility index (Phi) is 48.7. The molecule has 0 aliphatic carbocycles. The fourth-order valence-corrected chi connectivity index (χ4v) is 7.73. The molecule has 0 saturated heterocycles. The number of carbonyl (C=O) groups is 1. The van der Waals surface area contributed by atoms with Crippen LogP contribution in [0.15, 0.2) is 146 Å². The van der Waals surface area contributed by atoms with Gasteiger partial charge in [0.05, 0.1) is 39.9 Å². The lowest BCUT2D eigenvalue weighted by atomic mass is 10.0. The average Bonchev–Trinajstić information content (AvgIpc) is 3.33. The Morgan fingerprint density at radius 1 is 0.493 bits per heavy atom. The van der Waals surface area contributed by atoms with Gasteiger partial charge in [-0.25, -0.2) is 0 Å². The molecule has 0 fully saturated rings. The van der Waals surface area contributed by atoms with Crippen LogP contribution in [0.3, 0.4) is 0 Å². The summed E-state index contributed by atoms with van der Waals surface area (Å²) < 4.78 is 23.2. The molecule has 1 amide bonds. The fourth-order valence-electron chi connectivity index (χ4n) is 7.01. The van der Waals surface area contributed by atoms with E-state index in [0.29, 0.717) is 17.4 Å². The van der Waals surface area contributed by atoms with Gasteiger partial charge in [-0.2, -0.15) is 0 Å². The summed E-state index contributed by atoms with van der Waals surface area (Å²) in [5, 5.41) is 13.7. The van der Waals surface area contributed by atoms with E-state index in [9.17, 15) is 19.4 Å². The molecule has 3 unspecified atom stereocenters. The molecule has 8 nitrogen and oxygen atoms in total. The predicted octanol–water partition coefficient (Wildman–Crippen LogP) is 16.3. The second kappa shape index (κ2) is 51.3. The molecule has 0 aromatic rings. The highest BCUT2D eigenvalue weighted by Crippen LogP contribution is 2.38. The molecule has 0 radical (unpaired) electrons. The summed E-state index contributed by atoms with van der Waals surface area (Å²) >= 11 is 0. The largest absolute Gasteiger partial charge is 0.756 e. The van der Waals surface area contributed by atoms with Crippen molar-refractivity contribution < 1.29 is 32.9 Å². The lowest BCUT2D eigenvalue weighted by Gasteiger charge is -2.29. The normalized spacial score (nSPS) is 15.1. The lowest BCUT2D eigenvalue weighted by molar-refractivity contribution is -0.870. The van der Waals surface area contributed by atoms with Gasteiger partial charge in [-0.05, 0) is 109 Å². The van der Waals surface area contributed by atoms with Crippen LogP contribution in [0.4, 0.5) is 0 Å². The van der Waals surface area contributed by atoms with Crippen LogP contribution in [0.25, 0.3) is 0 Å². The van der Waals surface area contributed by atoms with Crippen LogP contribution in [-0.4, -0.2) is 68.5 Å². The van der Waals surface area contributed by atoms with Crippen molar-refractivity contribution in [3.05, 3.63) is 146 Å². The second-order valence-corrected chi connectivity index (χ2v) is 20.6. The molecule has 0 aromatic heterocycles. The quantitative estimate of drug-likeness (QED) is 0.0272. The molecular formula is C62H103N2O6P. The SMILES string of the molecule is CC/C=C\C/C=C\C/C=C\C/C=C\C/C=C\C/C=C\C/C=C\C/C=C\C/C=C\CCCCCCCCCCCCCC(=O)NC(COP(=O)([O-])OCC[N+](C)(C)C)C(O)/C=C/CC/C=C/CC/C=C/CC. The highest BCUT2D eigenvalue weighted by atomic mass is 31.2. The second-order valence-electron chi connectivity index (χ2n) is 19.2. The number of phosphoric ester groups is 1. The van der Waals surface area contributed by atoms with Gasteiger partial charge in [-0.15, -0.1) is 0 Å². The minimum Gasteiger partial charge on any atom is -0.756 e. The van der Waals surface area contributed by atoms with Crippen LogP contribution in [-0.2, 0) is 18.4 Å². The van der Waals surface area contributed by atoms with Gasteiger partial charge in [0.1, 0.15) is 13.2 Å². The van der Waals surface area contributed by atoms with Gasteiger partial charge in [-0.3, -0.25) is 9.36 Å². The van der Waals surface area contributed by atoms with Gasteiger partial charge >= 0.3 is 0 Å². The van der Waals surface area contributed by atoms with E-state index in [1.54, 1.807) is 6.08 Å². The number of aliphatic hydroxyl groups excluding tert-OH is 1. The van der Waals surface area contributed by atoms with Crippen molar-refractivity contribution >= 4 is 13.7 Å². The van der Waals surface area contributed by atoms with Crippen LogP contribution in [0.5, 0.6) is 0 Å². The molecule has 0 aliphatic heterocycles. The number of amides is 1. The van der Waals surface area contributed by atoms with E-state index >= 15 is 0 Å². The lowest BCUT2D eigenvalue weighted by Crippen LogP contribution is -2.45. The monoisotopic (exact) mass is 1000 g/mol. The first-order valence-corrected chi connectivity index (χ1v) is 29.2. The smallest absolute Gasteiger partial charge is 0.268 e. The first-order chi connectivity index (χ1) is 34.5. The Morgan fingerprint density at radius 2 is 0.831 bits per heavy atom. The first-order valence-electron chi connectivity index (χ1n) is 27.7. The zero-order chi connectivity index (χ0) is 52.0. The number of phosphoric acid groups is 1. The molecule has 402 valence electrons. The van der Waals surface area contributed by atoms with E-state index in [-0.39, 0.29) is 12.5 Å². The fraction of sp³-hybridized carbons (Fsp3) is 0.597. The van der Waals surface area contributed by atoms with Crippen molar-refractivity contribution in [2.75, 3.05) is 40.9 Å². The summed E-state index contributed by atoms with van der Waals surface area (Å²) in [5.74, 6) is -0.225. The zero-order valence-electron chi connectivity index (χ0n) is 45.6. The number of likely N-dealkylation sites (N-methyl/N-ethyl adjacent to an activating group) is 1. The number of aliphatic hydroxyl groups is 1. The molecule has 9 heteroatoms. The predicted molar refractivity (Wildman–Crippen MR) is 306 cm³/mol. The highest BCUT2D eigenvalue weighted by molar-refractivity contribution is 7.45. The third-order valence-corrected chi connectivity index (χ3v) is 12.2. The summed E-state index contributed by atoms with van der Waals surface area (Å²) in [4.78, 5) is 25.3. The Bertz CT molecular complexity index is 1660. The number of rotatable bonds is 48. The van der Waals surface area contributed by atoms with E-state index in [1.807, 2.05) is 27.2 Å². The van der Waals surface area contributed by atoms with E-state index in [0.717, 1.165) is 116 Å². The molecule has 71 heavy (non-hydrogen) atoms. The molecule has 0 heterocycles. The van der Waals surface area contributed by atoms with Gasteiger partial charge in [0.15, 0.2) is 0 Å². The molecule has 0 rings (SSSR count). The van der Waals surface area contributed by atoms with Crippen molar-refractivity contribution in [3.8, 4) is 0 Å². The Morgan fingerprint density at radius 3 is 1.25 bits per heavy atom. The van der Waals surface area contributed by atoms with Crippen LogP contribution >= 0.6 is 7.82 Å². The minimum absolute atomic E-state index is 0.0169. The summed E-state index contributed by atoms with van der Waals surface area (Å²) in [6, 6.07) is -0.919. The van der Waals surface area contributed by atoms with Crippen LogP contribution in [0, 0.1) is 0 Å². The molecule has 0 aromatic carbocycles. The van der Waals surface area contributed by atoms with Crippen molar-refractivity contribution in [1.29, 1.82) is 0 Å². The molecule has 0 aliphatic rings. The summed E-state index contributed by atoms with van der Waals surface area (Å²) in [7, 11) is 1.21. The van der Waals surface area contributed by atoms with Gasteiger partial charge < -0.3 is 28.8 Å². The maximum absolute atomic E-state index is 12.9. The third-order valence-electron chi connectivity index (χ3n) is 11.3. The Labute approximate surface area is 436 Å². The maximum atomic E-state index is 12.9. The van der Waals surface area contributed by atoms with Crippen LogP contribution in [0.2, 0.25) is 0 Å². The van der Waals surface area contributed by atoms with Gasteiger partial charge in [0.2, 0.25) is 5.91 Å². The van der Waals surface area contributed by atoms with Gasteiger partial charge in [-0.1, -0.05) is 217 Å². The third kappa shape index (κ3) is 54.0. The standard InChI is InChI=1S/C62H103N2O6P/c1-6-8-10-12-14-16-18-19-20-21-22-23-24-25-26-27-28-29-30-31-32-33-34-35-36-37-38-39-40-41-42-43-44-45-46-48-50-52-54-56-62(66)63-60(59-70-71(67,68)69-58-57-64(3,4)5)61(65)55-53-51-49-47-17-15-13-11-9-7-2/h8-11,14,16-17,19-20,22-23,25-26,28-29,31-32,34-35,37-38,47,53,55,60-61,65H,6-7,12-13,15,18,21,24,27,30,33,36,39-46,48-52,54,56-59H2,1-5H3,(H-,63,66,67,68)/b10-8-,11-9+,16-14-,20-19-,23-22-,26-25-,29-28-,32-31-,35-34-,38-37-,47-17+,55-53+. The zero-order valence-corrected chi connectivity index (χ0v) is 46.5. The number of unbranched alkanes of at least 4 members (excludes halogenated alkanes) is 13. The summed E-state index contributed by atoms with van der Waals surface area (Å²) in [5.41, 5.74) is 0. The van der Waals surface area contributed by atoms with Gasteiger partial charge in [0, 0.05) is 6.42 Å². The number of allylic oxidation sites excluding steroid dienone is 23. The summed E-state index contributed by atoms with van der Waals surface area (Å²) in [6.45, 7) is 4.34. The van der Waals surface area contributed by atoms with E-state index in [2.05, 4.69) is 153 Å². The number of nitrogens with one attached hydrogen (secondary N) is 1. The highest BCUT2D eigenvalue weighted by Gasteiger charge is 2.23.